The molecule has 23 heavy (non-hydrogen) atoms. The van der Waals surface area contributed by atoms with Gasteiger partial charge in [-0.15, -0.1) is 0 Å². The Morgan fingerprint density at radius 2 is 1.52 bits per heavy atom. The van der Waals surface area contributed by atoms with Crippen molar-refractivity contribution >= 4 is 17.8 Å². The van der Waals surface area contributed by atoms with E-state index in [4.69, 9.17) is 10.5 Å². The van der Waals surface area contributed by atoms with Crippen molar-refractivity contribution in [3.05, 3.63) is 58.1 Å². The van der Waals surface area contributed by atoms with E-state index in [1.807, 2.05) is 18.2 Å². The fourth-order valence-electron chi connectivity index (χ4n) is 2.45. The molecular weight excluding hydrogens is 294 g/mol. The van der Waals surface area contributed by atoms with Crippen LogP contribution in [0.2, 0.25) is 0 Å². The Morgan fingerprint density at radius 1 is 0.913 bits per heavy atom. The minimum absolute atomic E-state index is 0.194. The van der Waals surface area contributed by atoms with Crippen LogP contribution in [0.5, 0.6) is 5.75 Å². The third kappa shape index (κ3) is 3.90. The van der Waals surface area contributed by atoms with E-state index < -0.39 is 0 Å². The van der Waals surface area contributed by atoms with Crippen molar-refractivity contribution in [2.24, 2.45) is 0 Å². The van der Waals surface area contributed by atoms with Crippen LogP contribution in [0, 0.1) is 0 Å². The lowest BCUT2D eigenvalue weighted by atomic mass is 9.98. The first-order valence-electron chi connectivity index (χ1n) is 7.21. The van der Waals surface area contributed by atoms with E-state index in [1.54, 1.807) is 31.4 Å². The van der Waals surface area contributed by atoms with Crippen molar-refractivity contribution < 1.29 is 20.1 Å². The highest BCUT2D eigenvalue weighted by molar-refractivity contribution is 5.73. The summed E-state index contributed by atoms with van der Waals surface area (Å²) in [6.45, 7) is -0.606. The number of ether oxygens (including phenoxy) is 1. The van der Waals surface area contributed by atoms with Crippen LogP contribution in [-0.4, -0.2) is 22.4 Å². The lowest BCUT2D eigenvalue weighted by Crippen LogP contribution is -2.01. The summed E-state index contributed by atoms with van der Waals surface area (Å²) in [5.74, 6) is 0.625. The number of methoxy groups -OCH3 is 1. The second-order valence-electron chi connectivity index (χ2n) is 5.13. The van der Waals surface area contributed by atoms with Crippen molar-refractivity contribution in [2.75, 3.05) is 12.8 Å². The molecule has 2 aromatic carbocycles. The number of benzene rings is 2. The molecule has 2 aromatic rings. The van der Waals surface area contributed by atoms with E-state index in [1.165, 1.54) is 0 Å². The normalized spacial score (nSPS) is 11.1. The third-order valence-corrected chi connectivity index (χ3v) is 3.68. The zero-order chi connectivity index (χ0) is 16.8. The third-order valence-electron chi connectivity index (χ3n) is 3.68. The summed E-state index contributed by atoms with van der Waals surface area (Å²) in [7, 11) is 1.57. The molecule has 0 aliphatic heterocycles. The number of aliphatic hydroxyl groups is 3. The molecule has 0 aromatic heterocycles. The van der Waals surface area contributed by atoms with Crippen LogP contribution >= 0.6 is 0 Å². The Balaban J connectivity index is 2.34. The number of nitrogen functional groups attached to an aromatic ring is 1. The molecule has 0 unspecified atom stereocenters. The summed E-state index contributed by atoms with van der Waals surface area (Å²) in [6, 6.07) is 9.05. The molecule has 0 heterocycles. The van der Waals surface area contributed by atoms with Gasteiger partial charge >= 0.3 is 0 Å². The zero-order valence-corrected chi connectivity index (χ0v) is 13.0. The molecule has 0 spiro atoms. The molecular formula is C18H21NO4. The molecule has 0 bridgehead atoms. The van der Waals surface area contributed by atoms with Crippen LogP contribution in [-0.2, 0) is 19.8 Å². The molecule has 0 saturated carbocycles. The van der Waals surface area contributed by atoms with E-state index in [2.05, 4.69) is 0 Å². The predicted molar refractivity (Wildman–Crippen MR) is 90.5 cm³/mol. The van der Waals surface area contributed by atoms with Crippen molar-refractivity contribution in [3.63, 3.8) is 0 Å². The standard InChI is InChI=1S/C18H21NO4/c1-23-18-5-4-12(8-17(18)19)2-3-13-6-14(9-20)16(11-22)15(7-13)10-21/h2-8,20-22H,9-11,19H2,1H3/b3-2-. The van der Waals surface area contributed by atoms with Gasteiger partial charge in [-0.25, -0.2) is 0 Å². The lowest BCUT2D eigenvalue weighted by molar-refractivity contribution is 0.247. The van der Waals surface area contributed by atoms with Crippen molar-refractivity contribution in [1.82, 2.24) is 0 Å². The second-order valence-corrected chi connectivity index (χ2v) is 5.13. The molecule has 5 nitrogen and oxygen atoms in total. The first-order valence-corrected chi connectivity index (χ1v) is 7.21. The summed E-state index contributed by atoms with van der Waals surface area (Å²) >= 11 is 0. The van der Waals surface area contributed by atoms with Gasteiger partial charge in [0.25, 0.3) is 0 Å². The molecule has 0 saturated heterocycles. The summed E-state index contributed by atoms with van der Waals surface area (Å²) in [4.78, 5) is 0. The Labute approximate surface area is 135 Å². The Hall–Kier alpha value is -2.34. The first kappa shape index (κ1) is 17.0. The quantitative estimate of drug-likeness (QED) is 0.482. The highest BCUT2D eigenvalue weighted by Gasteiger charge is 2.08. The van der Waals surface area contributed by atoms with E-state index >= 15 is 0 Å². The van der Waals surface area contributed by atoms with Crippen LogP contribution in [0.25, 0.3) is 12.2 Å². The van der Waals surface area contributed by atoms with Gasteiger partial charge < -0.3 is 25.8 Å². The second kappa shape index (κ2) is 7.78. The smallest absolute Gasteiger partial charge is 0.141 e. The lowest BCUT2D eigenvalue weighted by Gasteiger charge is -2.11. The monoisotopic (exact) mass is 315 g/mol. The highest BCUT2D eigenvalue weighted by Crippen LogP contribution is 2.24. The number of rotatable bonds is 6. The molecule has 0 radical (unpaired) electrons. The zero-order valence-electron chi connectivity index (χ0n) is 13.0. The van der Waals surface area contributed by atoms with Crippen molar-refractivity contribution in [1.29, 1.82) is 0 Å². The number of hydrogen-bond acceptors (Lipinski definition) is 5. The summed E-state index contributed by atoms with van der Waals surface area (Å²) in [5.41, 5.74) is 9.94. The van der Waals surface area contributed by atoms with Gasteiger partial charge in [0.2, 0.25) is 0 Å². The van der Waals surface area contributed by atoms with Gasteiger partial charge in [0.05, 0.1) is 32.6 Å². The highest BCUT2D eigenvalue weighted by atomic mass is 16.5. The average Bonchev–Trinajstić information content (AvgIpc) is 2.58. The molecule has 0 amide bonds. The largest absolute Gasteiger partial charge is 0.495 e. The van der Waals surface area contributed by atoms with Crippen LogP contribution in [0.1, 0.15) is 27.8 Å². The maximum Gasteiger partial charge on any atom is 0.141 e. The Bertz CT molecular complexity index is 685. The van der Waals surface area contributed by atoms with E-state index in [0.717, 1.165) is 11.1 Å². The Kier molecular flexibility index (Phi) is 5.76. The topological polar surface area (TPSA) is 95.9 Å². The molecule has 0 aliphatic carbocycles. The average molecular weight is 315 g/mol. The fraction of sp³-hybridized carbons (Fsp3) is 0.222. The van der Waals surface area contributed by atoms with E-state index in [9.17, 15) is 15.3 Å². The maximum atomic E-state index is 9.43. The van der Waals surface area contributed by atoms with Crippen LogP contribution in [0.15, 0.2) is 30.3 Å². The van der Waals surface area contributed by atoms with Crippen molar-refractivity contribution in [2.45, 2.75) is 19.8 Å². The van der Waals surface area contributed by atoms with Gasteiger partial charge in [-0.2, -0.15) is 0 Å². The fourth-order valence-corrected chi connectivity index (χ4v) is 2.45. The van der Waals surface area contributed by atoms with Gasteiger partial charge in [-0.1, -0.05) is 18.2 Å². The Morgan fingerprint density at radius 3 is 2.00 bits per heavy atom. The first-order chi connectivity index (χ1) is 11.1. The van der Waals surface area contributed by atoms with Gasteiger partial charge in [0.15, 0.2) is 0 Å². The van der Waals surface area contributed by atoms with Crippen LogP contribution < -0.4 is 10.5 Å². The molecule has 5 N–H and O–H groups in total. The maximum absolute atomic E-state index is 9.43. The van der Waals surface area contributed by atoms with Gasteiger partial charge in [0.1, 0.15) is 5.75 Å². The van der Waals surface area contributed by atoms with Crippen LogP contribution in [0.3, 0.4) is 0 Å². The minimum Gasteiger partial charge on any atom is -0.495 e. The van der Waals surface area contributed by atoms with Gasteiger partial charge in [0, 0.05) is 0 Å². The molecule has 0 fully saturated rings. The number of anilines is 1. The molecule has 122 valence electrons. The molecule has 2 rings (SSSR count). The molecule has 0 aliphatic rings. The van der Waals surface area contributed by atoms with E-state index in [0.29, 0.717) is 28.1 Å². The van der Waals surface area contributed by atoms with Crippen LogP contribution in [0.4, 0.5) is 5.69 Å². The summed E-state index contributed by atoms with van der Waals surface area (Å²) in [6.07, 6.45) is 3.74. The summed E-state index contributed by atoms with van der Waals surface area (Å²) < 4.78 is 5.12. The predicted octanol–water partition coefficient (Wildman–Crippen LogP) is 1.92. The number of nitrogens with two attached hydrogens (primary N) is 1. The summed E-state index contributed by atoms with van der Waals surface area (Å²) in [5, 5.41) is 28.2. The SMILES string of the molecule is COc1ccc(/C=C\c2cc(CO)c(CO)c(CO)c2)cc1N. The van der Waals surface area contributed by atoms with Gasteiger partial charge in [-0.3, -0.25) is 0 Å². The minimum atomic E-state index is -0.217. The van der Waals surface area contributed by atoms with E-state index in [-0.39, 0.29) is 19.8 Å². The molecule has 0 atom stereocenters. The number of aliphatic hydroxyl groups excluding tert-OH is 3. The van der Waals surface area contributed by atoms with Gasteiger partial charge in [-0.05, 0) is 52.1 Å². The molecule has 5 heteroatoms. The van der Waals surface area contributed by atoms with Crippen molar-refractivity contribution in [3.8, 4) is 5.75 Å². The number of hydrogen-bond donors (Lipinski definition) is 4.